The molecule has 0 bridgehead atoms. The first-order valence-corrected chi connectivity index (χ1v) is 10.3. The normalized spacial score (nSPS) is 12.2. The van der Waals surface area contributed by atoms with E-state index >= 15 is 0 Å². The quantitative estimate of drug-likeness (QED) is 0.500. The van der Waals surface area contributed by atoms with Crippen molar-refractivity contribution in [3.63, 3.8) is 0 Å². The van der Waals surface area contributed by atoms with Gasteiger partial charge in [0.2, 0.25) is 0 Å². The lowest BCUT2D eigenvalue weighted by Gasteiger charge is -2.02. The van der Waals surface area contributed by atoms with Crippen LogP contribution in [-0.4, -0.2) is 38.2 Å². The third kappa shape index (κ3) is 6.15. The third-order valence-electron chi connectivity index (χ3n) is 3.74. The number of aromatic nitrogens is 4. The average molecular weight is 406 g/mol. The zero-order valence-electron chi connectivity index (χ0n) is 16.4. The van der Waals surface area contributed by atoms with Gasteiger partial charge in [-0.3, -0.25) is 4.79 Å². The maximum atomic E-state index is 10.7. The van der Waals surface area contributed by atoms with Crippen LogP contribution in [0.3, 0.4) is 0 Å². The largest absolute Gasteiger partial charge is 0.308 e. The molecule has 3 heterocycles. The van der Waals surface area contributed by atoms with Gasteiger partial charge < -0.3 is 5.41 Å². The lowest BCUT2D eigenvalue weighted by atomic mass is 10.1. The molecule has 1 aliphatic heterocycles. The molecule has 1 N–H and O–H groups in total. The van der Waals surface area contributed by atoms with Crippen LogP contribution < -0.4 is 0 Å². The molecule has 0 amide bonds. The van der Waals surface area contributed by atoms with Crippen LogP contribution in [0.25, 0.3) is 16.3 Å². The van der Waals surface area contributed by atoms with Gasteiger partial charge in [-0.15, -0.1) is 11.8 Å². The first-order chi connectivity index (χ1) is 14.3. The van der Waals surface area contributed by atoms with Gasteiger partial charge in [0, 0.05) is 53.5 Å². The highest BCUT2D eigenvalue weighted by Crippen LogP contribution is 2.36. The maximum Gasteiger partial charge on any atom is 0.166 e. The molecule has 0 radical (unpaired) electrons. The maximum absolute atomic E-state index is 10.7. The van der Waals surface area contributed by atoms with Gasteiger partial charge in [-0.25, -0.2) is 19.9 Å². The summed E-state index contributed by atoms with van der Waals surface area (Å²) >= 11 is 1.65. The summed E-state index contributed by atoms with van der Waals surface area (Å²) in [4.78, 5) is 28.1. The van der Waals surface area contributed by atoms with Gasteiger partial charge in [0.15, 0.2) is 11.6 Å². The Morgan fingerprint density at radius 3 is 2.07 bits per heavy atom. The van der Waals surface area contributed by atoms with Crippen molar-refractivity contribution in [2.24, 2.45) is 0 Å². The van der Waals surface area contributed by atoms with E-state index in [0.717, 1.165) is 40.1 Å². The van der Waals surface area contributed by atoms with Crippen LogP contribution in [-0.2, 0) is 4.79 Å². The zero-order valence-corrected chi connectivity index (χ0v) is 17.3. The van der Waals surface area contributed by atoms with Crippen LogP contribution in [0, 0.1) is 5.41 Å². The van der Waals surface area contributed by atoms with Crippen molar-refractivity contribution < 1.29 is 4.79 Å². The number of aldehydes is 1. The van der Waals surface area contributed by atoms with Crippen LogP contribution in [0.1, 0.15) is 31.7 Å². The smallest absolute Gasteiger partial charge is 0.166 e. The minimum atomic E-state index is 0.659. The molecule has 0 fully saturated rings. The van der Waals surface area contributed by atoms with Gasteiger partial charge in [-0.05, 0) is 18.6 Å². The van der Waals surface area contributed by atoms with E-state index in [2.05, 4.69) is 19.9 Å². The Bertz CT molecular complexity index is 946. The number of allylic oxidation sites excluding steroid dienone is 1. The molecule has 0 atom stereocenters. The van der Waals surface area contributed by atoms with Crippen molar-refractivity contribution >= 4 is 29.2 Å². The Hall–Kier alpha value is -3.19. The first kappa shape index (κ1) is 22.1. The van der Waals surface area contributed by atoms with Crippen molar-refractivity contribution in [3.05, 3.63) is 78.1 Å². The predicted octanol–water partition coefficient (Wildman–Crippen LogP) is 4.69. The zero-order chi connectivity index (χ0) is 20.9. The summed E-state index contributed by atoms with van der Waals surface area (Å²) in [7, 11) is 0. The van der Waals surface area contributed by atoms with Crippen LogP contribution >= 0.6 is 11.8 Å². The lowest BCUT2D eigenvalue weighted by molar-refractivity contribution is -0.104. The lowest BCUT2D eigenvalue weighted by Crippen LogP contribution is -1.91. The second-order valence-electron chi connectivity index (χ2n) is 5.45. The topological polar surface area (TPSA) is 92.5 Å². The molecular weight excluding hydrogens is 382 g/mol. The third-order valence-corrected chi connectivity index (χ3v) is 4.89. The van der Waals surface area contributed by atoms with Gasteiger partial charge in [-0.1, -0.05) is 38.1 Å². The van der Waals surface area contributed by atoms with Gasteiger partial charge in [0.1, 0.15) is 6.29 Å². The van der Waals surface area contributed by atoms with E-state index in [1.807, 2.05) is 38.1 Å². The Kier molecular flexibility index (Phi) is 9.38. The number of hydrogen-bond acceptors (Lipinski definition) is 7. The molecule has 29 heavy (non-hydrogen) atoms. The minimum Gasteiger partial charge on any atom is -0.308 e. The SMILES string of the molecule is CC.N=Cc1ccccc1-c1ncccn1.O=CC1=C(c2ncccn2)SCC1. The molecule has 6 nitrogen and oxygen atoms in total. The van der Waals surface area contributed by atoms with E-state index in [-0.39, 0.29) is 0 Å². The monoisotopic (exact) mass is 405 g/mol. The summed E-state index contributed by atoms with van der Waals surface area (Å²) in [5.74, 6) is 2.29. The molecule has 148 valence electrons. The molecule has 0 unspecified atom stereocenters. The highest BCUT2D eigenvalue weighted by Gasteiger charge is 2.17. The summed E-state index contributed by atoms with van der Waals surface area (Å²) in [6.07, 6.45) is 9.83. The summed E-state index contributed by atoms with van der Waals surface area (Å²) in [5.41, 5.74) is 2.55. The second-order valence-corrected chi connectivity index (χ2v) is 6.55. The Labute approximate surface area is 175 Å². The number of benzene rings is 1. The summed E-state index contributed by atoms with van der Waals surface area (Å²) < 4.78 is 0. The summed E-state index contributed by atoms with van der Waals surface area (Å²) in [5, 5.41) is 7.25. The van der Waals surface area contributed by atoms with E-state index < -0.39 is 0 Å². The van der Waals surface area contributed by atoms with Crippen LogP contribution in [0.2, 0.25) is 0 Å². The predicted molar refractivity (Wildman–Crippen MR) is 119 cm³/mol. The average Bonchev–Trinajstić information content (AvgIpc) is 3.31. The molecule has 3 aromatic rings. The standard InChI is InChI=1S/C11H9N3.C9H8N2OS.C2H6/c12-8-9-4-1-2-5-10(9)11-13-6-3-7-14-11;12-6-7-2-5-13-8(7)9-10-3-1-4-11-9;1-2/h1-8,12H;1,3-4,6H,2,5H2;1-2H3. The van der Waals surface area contributed by atoms with Crippen molar-refractivity contribution in [2.45, 2.75) is 20.3 Å². The summed E-state index contributed by atoms with van der Waals surface area (Å²) in [6, 6.07) is 11.1. The van der Waals surface area contributed by atoms with Crippen LogP contribution in [0.4, 0.5) is 0 Å². The van der Waals surface area contributed by atoms with Crippen molar-refractivity contribution in [1.29, 1.82) is 5.41 Å². The fourth-order valence-corrected chi connectivity index (χ4v) is 3.57. The molecule has 1 aliphatic rings. The van der Waals surface area contributed by atoms with E-state index in [4.69, 9.17) is 5.41 Å². The number of hydrogen-bond donors (Lipinski definition) is 1. The fraction of sp³-hybridized carbons (Fsp3) is 0.182. The second kappa shape index (κ2) is 12.3. The van der Waals surface area contributed by atoms with Crippen molar-refractivity contribution in [1.82, 2.24) is 19.9 Å². The highest BCUT2D eigenvalue weighted by atomic mass is 32.2. The Balaban J connectivity index is 0.000000191. The number of rotatable bonds is 4. The molecular formula is C22H23N5OS. The molecule has 0 aliphatic carbocycles. The molecule has 0 saturated carbocycles. The van der Waals surface area contributed by atoms with E-state index in [9.17, 15) is 4.79 Å². The molecule has 0 saturated heterocycles. The first-order valence-electron chi connectivity index (χ1n) is 9.29. The Morgan fingerprint density at radius 2 is 1.48 bits per heavy atom. The number of nitrogens with one attached hydrogen (secondary N) is 1. The number of carbonyl (C=O) groups excluding carboxylic acids is 1. The molecule has 2 aromatic heterocycles. The van der Waals surface area contributed by atoms with E-state index in [1.54, 1.807) is 48.7 Å². The molecule has 7 heteroatoms. The van der Waals surface area contributed by atoms with Gasteiger partial charge in [0.05, 0.1) is 4.91 Å². The van der Waals surface area contributed by atoms with Crippen molar-refractivity contribution in [3.8, 4) is 11.4 Å². The fourth-order valence-electron chi connectivity index (χ4n) is 2.47. The van der Waals surface area contributed by atoms with Crippen molar-refractivity contribution in [2.75, 3.05) is 5.75 Å². The number of thioether (sulfide) groups is 1. The van der Waals surface area contributed by atoms with E-state index in [0.29, 0.717) is 11.6 Å². The molecule has 4 rings (SSSR count). The number of nitrogens with zero attached hydrogens (tertiary/aromatic N) is 4. The summed E-state index contributed by atoms with van der Waals surface area (Å²) in [6.45, 7) is 4.00. The highest BCUT2D eigenvalue weighted by molar-refractivity contribution is 8.08. The number of carbonyl (C=O) groups is 1. The molecule has 1 aromatic carbocycles. The Morgan fingerprint density at radius 1 is 0.897 bits per heavy atom. The van der Waals surface area contributed by atoms with Crippen LogP contribution in [0.5, 0.6) is 0 Å². The van der Waals surface area contributed by atoms with Gasteiger partial charge in [0.25, 0.3) is 0 Å². The van der Waals surface area contributed by atoms with Gasteiger partial charge >= 0.3 is 0 Å². The molecule has 0 spiro atoms. The minimum absolute atomic E-state index is 0.659. The van der Waals surface area contributed by atoms with Gasteiger partial charge in [-0.2, -0.15) is 0 Å². The van der Waals surface area contributed by atoms with Crippen LogP contribution in [0.15, 0.2) is 66.8 Å². The van der Waals surface area contributed by atoms with E-state index in [1.165, 1.54) is 6.21 Å².